The topological polar surface area (TPSA) is 86.3 Å². The highest BCUT2D eigenvalue weighted by molar-refractivity contribution is 6.06. The van der Waals surface area contributed by atoms with Gasteiger partial charge in [0.2, 0.25) is 0 Å². The summed E-state index contributed by atoms with van der Waals surface area (Å²) in [7, 11) is 0. The Bertz CT molecular complexity index is 816. The van der Waals surface area contributed by atoms with E-state index in [0.717, 1.165) is 10.5 Å². The van der Waals surface area contributed by atoms with Crippen molar-refractivity contribution in [2.75, 3.05) is 0 Å². The van der Waals surface area contributed by atoms with Gasteiger partial charge in [-0.1, -0.05) is 12.1 Å². The summed E-state index contributed by atoms with van der Waals surface area (Å²) in [5, 5.41) is 11.5. The van der Waals surface area contributed by atoms with Crippen LogP contribution in [0.5, 0.6) is 0 Å². The molecule has 0 aliphatic carbocycles. The largest absolute Gasteiger partial charge is 0.463 e. The van der Waals surface area contributed by atoms with Gasteiger partial charge in [-0.15, -0.1) is 0 Å². The number of rotatable bonds is 3. The highest BCUT2D eigenvalue weighted by Crippen LogP contribution is 2.30. The number of nitrogens with zero attached hydrogens (tertiary/aromatic N) is 2. The lowest BCUT2D eigenvalue weighted by Crippen LogP contribution is -2.40. The van der Waals surface area contributed by atoms with Crippen LogP contribution < -0.4 is 5.32 Å². The van der Waals surface area contributed by atoms with Crippen molar-refractivity contribution in [1.82, 2.24) is 10.2 Å². The summed E-state index contributed by atoms with van der Waals surface area (Å²) in [6.45, 7) is 3.55. The van der Waals surface area contributed by atoms with Gasteiger partial charge in [0.25, 0.3) is 5.91 Å². The number of amides is 3. The molecule has 6 heteroatoms. The number of carbonyl (C=O) groups excluding carboxylic acids is 2. The number of urea groups is 1. The zero-order valence-corrected chi connectivity index (χ0v) is 12.8. The third kappa shape index (κ3) is 2.46. The molecule has 0 saturated carbocycles. The Hall–Kier alpha value is -3.07. The molecule has 1 fully saturated rings. The Balaban J connectivity index is 1.85. The summed E-state index contributed by atoms with van der Waals surface area (Å²) in [5.41, 5.74) is 0.104. The average molecular weight is 309 g/mol. The molecule has 1 aromatic carbocycles. The minimum absolute atomic E-state index is 0.144. The number of aryl methyl sites for hydroxylation is 1. The van der Waals surface area contributed by atoms with Crippen LogP contribution in [-0.4, -0.2) is 16.8 Å². The van der Waals surface area contributed by atoms with Crippen LogP contribution in [0.3, 0.4) is 0 Å². The van der Waals surface area contributed by atoms with Crippen molar-refractivity contribution < 1.29 is 14.0 Å². The molecular weight excluding hydrogens is 294 g/mol. The number of benzene rings is 1. The smallest absolute Gasteiger partial charge is 0.325 e. The highest BCUT2D eigenvalue weighted by Gasteiger charge is 2.50. The molecule has 3 rings (SSSR count). The quantitative estimate of drug-likeness (QED) is 0.882. The van der Waals surface area contributed by atoms with E-state index in [-0.39, 0.29) is 12.5 Å². The van der Waals surface area contributed by atoms with E-state index < -0.39 is 11.6 Å². The monoisotopic (exact) mass is 309 g/mol. The fraction of sp³-hybridized carbons (Fsp3) is 0.235. The van der Waals surface area contributed by atoms with Gasteiger partial charge in [-0.3, -0.25) is 9.69 Å². The fourth-order valence-electron chi connectivity index (χ4n) is 2.58. The Labute approximate surface area is 133 Å². The number of nitriles is 1. The minimum atomic E-state index is -1.20. The lowest BCUT2D eigenvalue weighted by molar-refractivity contribution is -0.132. The first-order valence-electron chi connectivity index (χ1n) is 7.14. The van der Waals surface area contributed by atoms with Crippen molar-refractivity contribution in [2.24, 2.45) is 0 Å². The first-order chi connectivity index (χ1) is 10.9. The van der Waals surface area contributed by atoms with Gasteiger partial charge in [-0.25, -0.2) is 4.79 Å². The second-order valence-electron chi connectivity index (χ2n) is 5.67. The molecule has 0 unspecified atom stereocenters. The molecular formula is C17H15N3O3. The summed E-state index contributed by atoms with van der Waals surface area (Å²) in [5.74, 6) is 0.728. The number of imide groups is 1. The van der Waals surface area contributed by atoms with E-state index in [9.17, 15) is 9.59 Å². The van der Waals surface area contributed by atoms with Gasteiger partial charge in [0.15, 0.2) is 5.54 Å². The van der Waals surface area contributed by atoms with Gasteiger partial charge in [-0.2, -0.15) is 5.26 Å². The molecule has 6 nitrogen and oxygen atoms in total. The molecule has 1 aliphatic rings. The maximum atomic E-state index is 12.7. The fourth-order valence-corrected chi connectivity index (χ4v) is 2.58. The van der Waals surface area contributed by atoms with Crippen LogP contribution in [0.4, 0.5) is 4.79 Å². The molecule has 3 amide bonds. The number of hydrogen-bond acceptors (Lipinski definition) is 4. The van der Waals surface area contributed by atoms with Crippen molar-refractivity contribution in [2.45, 2.75) is 25.9 Å². The van der Waals surface area contributed by atoms with E-state index in [1.54, 1.807) is 50.2 Å². The predicted molar refractivity (Wildman–Crippen MR) is 81.0 cm³/mol. The summed E-state index contributed by atoms with van der Waals surface area (Å²) < 4.78 is 5.52. The summed E-state index contributed by atoms with van der Waals surface area (Å²) in [6.07, 6.45) is 0. The molecule has 0 bridgehead atoms. The third-order valence-corrected chi connectivity index (χ3v) is 3.93. The molecule has 23 heavy (non-hydrogen) atoms. The normalized spacial score (nSPS) is 20.5. The van der Waals surface area contributed by atoms with E-state index in [1.165, 1.54) is 0 Å². The zero-order chi connectivity index (χ0) is 16.6. The van der Waals surface area contributed by atoms with Crippen LogP contribution >= 0.6 is 0 Å². The van der Waals surface area contributed by atoms with Crippen molar-refractivity contribution in [3.8, 4) is 6.07 Å². The summed E-state index contributed by atoms with van der Waals surface area (Å²) in [4.78, 5) is 26.1. The van der Waals surface area contributed by atoms with E-state index in [0.29, 0.717) is 17.1 Å². The van der Waals surface area contributed by atoms with Crippen LogP contribution in [0.2, 0.25) is 0 Å². The zero-order valence-electron chi connectivity index (χ0n) is 12.8. The molecule has 1 N–H and O–H groups in total. The Morgan fingerprint density at radius 3 is 2.48 bits per heavy atom. The Morgan fingerprint density at radius 2 is 1.91 bits per heavy atom. The second-order valence-corrected chi connectivity index (χ2v) is 5.67. The van der Waals surface area contributed by atoms with Gasteiger partial charge in [-0.05, 0) is 43.7 Å². The van der Waals surface area contributed by atoms with Crippen molar-refractivity contribution >= 4 is 11.9 Å². The van der Waals surface area contributed by atoms with Crippen LogP contribution in [-0.2, 0) is 16.9 Å². The average Bonchev–Trinajstić information content (AvgIpc) is 3.07. The maximum absolute atomic E-state index is 12.7. The molecule has 0 radical (unpaired) electrons. The van der Waals surface area contributed by atoms with E-state index in [2.05, 4.69) is 5.32 Å². The van der Waals surface area contributed by atoms with Crippen molar-refractivity contribution in [3.63, 3.8) is 0 Å². The third-order valence-electron chi connectivity index (χ3n) is 3.93. The van der Waals surface area contributed by atoms with E-state index >= 15 is 0 Å². The van der Waals surface area contributed by atoms with Crippen LogP contribution in [0.25, 0.3) is 0 Å². The van der Waals surface area contributed by atoms with Crippen molar-refractivity contribution in [3.05, 3.63) is 59.0 Å². The number of furan rings is 1. The molecule has 1 aromatic heterocycles. The standard InChI is InChI=1S/C17H15N3O3/c1-11-3-8-14(23-11)17(2)15(21)20(16(22)19-17)10-13-6-4-12(9-18)5-7-13/h3-8H,10H2,1-2H3,(H,19,22)/t17-/m1/s1. The summed E-state index contributed by atoms with van der Waals surface area (Å²) in [6, 6.07) is 11.8. The van der Waals surface area contributed by atoms with E-state index in [4.69, 9.17) is 9.68 Å². The lowest BCUT2D eigenvalue weighted by Gasteiger charge is -2.19. The minimum Gasteiger partial charge on any atom is -0.463 e. The van der Waals surface area contributed by atoms with Crippen LogP contribution in [0, 0.1) is 18.3 Å². The van der Waals surface area contributed by atoms with Gasteiger partial charge in [0.1, 0.15) is 11.5 Å². The number of hydrogen-bond donors (Lipinski definition) is 1. The van der Waals surface area contributed by atoms with Crippen LogP contribution in [0.15, 0.2) is 40.8 Å². The first kappa shape index (κ1) is 14.9. The number of nitrogens with one attached hydrogen (secondary N) is 1. The predicted octanol–water partition coefficient (Wildman–Crippen LogP) is 2.43. The molecule has 116 valence electrons. The molecule has 1 atom stereocenters. The van der Waals surface area contributed by atoms with Gasteiger partial charge in [0.05, 0.1) is 18.2 Å². The summed E-state index contributed by atoms with van der Waals surface area (Å²) >= 11 is 0. The first-order valence-corrected chi connectivity index (χ1v) is 7.14. The highest BCUT2D eigenvalue weighted by atomic mass is 16.3. The molecule has 1 aliphatic heterocycles. The maximum Gasteiger partial charge on any atom is 0.325 e. The molecule has 1 saturated heterocycles. The Kier molecular flexibility index (Phi) is 3.41. The molecule has 2 heterocycles. The SMILES string of the molecule is Cc1ccc([C@@]2(C)NC(=O)N(Cc3ccc(C#N)cc3)C2=O)o1. The van der Waals surface area contributed by atoms with Crippen LogP contribution in [0.1, 0.15) is 29.6 Å². The van der Waals surface area contributed by atoms with Gasteiger partial charge in [0, 0.05) is 0 Å². The lowest BCUT2D eigenvalue weighted by atomic mass is 9.99. The van der Waals surface area contributed by atoms with Gasteiger partial charge >= 0.3 is 6.03 Å². The molecule has 2 aromatic rings. The molecule has 0 spiro atoms. The number of carbonyl (C=O) groups is 2. The second kappa shape index (κ2) is 5.29. The van der Waals surface area contributed by atoms with Gasteiger partial charge < -0.3 is 9.73 Å². The Morgan fingerprint density at radius 1 is 1.22 bits per heavy atom. The van der Waals surface area contributed by atoms with E-state index in [1.807, 2.05) is 6.07 Å². The van der Waals surface area contributed by atoms with Crippen molar-refractivity contribution in [1.29, 1.82) is 5.26 Å².